The maximum Gasteiger partial charge on any atom is 0.312 e. The van der Waals surface area contributed by atoms with Crippen molar-refractivity contribution in [3.63, 3.8) is 0 Å². The number of carbonyl (C=O) groups excluding carboxylic acids is 2. The molecule has 0 aliphatic heterocycles. The summed E-state index contributed by atoms with van der Waals surface area (Å²) in [6, 6.07) is 0. The third-order valence-electron chi connectivity index (χ3n) is 3.56. The number of esters is 1. The van der Waals surface area contributed by atoms with E-state index in [9.17, 15) is 9.59 Å². The molecule has 3 heteroatoms. The number of ether oxygens (including phenoxy) is 1. The topological polar surface area (TPSA) is 43.4 Å². The first-order chi connectivity index (χ1) is 5.86. The maximum atomic E-state index is 11.5. The fourth-order valence-electron chi connectivity index (χ4n) is 1.88. The highest BCUT2D eigenvalue weighted by Crippen LogP contribution is 2.50. The number of hydrogen-bond acceptors (Lipinski definition) is 3. The number of methoxy groups -OCH3 is 1. The van der Waals surface area contributed by atoms with E-state index in [-0.39, 0.29) is 11.8 Å². The monoisotopic (exact) mass is 184 g/mol. The van der Waals surface area contributed by atoms with Gasteiger partial charge in [0.25, 0.3) is 0 Å². The standard InChI is InChI=1S/C10H16O3/c1-9(2)7(11)5-6-10(9,3)8(12)13-4/h5-6H2,1-4H3/t10-/m1/s1. The molecule has 0 radical (unpaired) electrons. The van der Waals surface area contributed by atoms with Crippen molar-refractivity contribution < 1.29 is 14.3 Å². The molecule has 1 rings (SSSR count). The molecule has 1 aliphatic rings. The molecule has 1 saturated carbocycles. The van der Waals surface area contributed by atoms with Crippen molar-refractivity contribution in [3.8, 4) is 0 Å². The van der Waals surface area contributed by atoms with Gasteiger partial charge in [-0.15, -0.1) is 0 Å². The van der Waals surface area contributed by atoms with Crippen molar-refractivity contribution in [3.05, 3.63) is 0 Å². The zero-order chi connectivity index (χ0) is 10.3. The molecular weight excluding hydrogens is 168 g/mol. The molecule has 1 atom stereocenters. The Morgan fingerprint density at radius 1 is 1.38 bits per heavy atom. The molecule has 0 spiro atoms. The van der Waals surface area contributed by atoms with Crippen LogP contribution in [-0.2, 0) is 14.3 Å². The summed E-state index contributed by atoms with van der Waals surface area (Å²) in [6.45, 7) is 5.45. The van der Waals surface area contributed by atoms with E-state index in [4.69, 9.17) is 4.74 Å². The van der Waals surface area contributed by atoms with Gasteiger partial charge in [0.2, 0.25) is 0 Å². The van der Waals surface area contributed by atoms with Gasteiger partial charge in [0.05, 0.1) is 12.5 Å². The molecule has 0 saturated heterocycles. The molecule has 0 unspecified atom stereocenters. The normalized spacial score (nSPS) is 31.8. The summed E-state index contributed by atoms with van der Waals surface area (Å²) in [5, 5.41) is 0. The van der Waals surface area contributed by atoms with E-state index in [0.29, 0.717) is 12.8 Å². The van der Waals surface area contributed by atoms with Crippen LogP contribution < -0.4 is 0 Å². The quantitative estimate of drug-likeness (QED) is 0.581. The summed E-state index contributed by atoms with van der Waals surface area (Å²) in [7, 11) is 1.37. The lowest BCUT2D eigenvalue weighted by Crippen LogP contribution is -2.41. The van der Waals surface area contributed by atoms with Crippen molar-refractivity contribution in [1.82, 2.24) is 0 Å². The smallest absolute Gasteiger partial charge is 0.312 e. The summed E-state index contributed by atoms with van der Waals surface area (Å²) < 4.78 is 4.73. The SMILES string of the molecule is COC(=O)[C@@]1(C)CCC(=O)C1(C)C. The third-order valence-corrected chi connectivity index (χ3v) is 3.56. The van der Waals surface area contributed by atoms with Crippen LogP contribution in [0.3, 0.4) is 0 Å². The highest BCUT2D eigenvalue weighted by Gasteiger charge is 2.56. The Balaban J connectivity index is 3.05. The summed E-state index contributed by atoms with van der Waals surface area (Å²) in [5.74, 6) is -0.122. The predicted molar refractivity (Wildman–Crippen MR) is 48.1 cm³/mol. The van der Waals surface area contributed by atoms with Crippen LogP contribution in [0.25, 0.3) is 0 Å². The van der Waals surface area contributed by atoms with E-state index in [0.717, 1.165) is 0 Å². The molecule has 0 heterocycles. The summed E-state index contributed by atoms with van der Waals surface area (Å²) in [6.07, 6.45) is 1.09. The Hall–Kier alpha value is -0.860. The lowest BCUT2D eigenvalue weighted by Gasteiger charge is -2.33. The van der Waals surface area contributed by atoms with Crippen molar-refractivity contribution in [2.45, 2.75) is 33.6 Å². The molecule has 0 aromatic heterocycles. The molecule has 0 aromatic carbocycles. The number of ketones is 1. The van der Waals surface area contributed by atoms with Crippen LogP contribution in [-0.4, -0.2) is 18.9 Å². The summed E-state index contributed by atoms with van der Waals surface area (Å²) in [5.41, 5.74) is -1.22. The van der Waals surface area contributed by atoms with Crippen molar-refractivity contribution in [2.75, 3.05) is 7.11 Å². The summed E-state index contributed by atoms with van der Waals surface area (Å²) in [4.78, 5) is 23.0. The zero-order valence-corrected chi connectivity index (χ0v) is 8.64. The first kappa shape index (κ1) is 10.2. The van der Waals surface area contributed by atoms with E-state index in [1.807, 2.05) is 20.8 Å². The van der Waals surface area contributed by atoms with Crippen molar-refractivity contribution in [1.29, 1.82) is 0 Å². The first-order valence-electron chi connectivity index (χ1n) is 4.48. The van der Waals surface area contributed by atoms with Gasteiger partial charge in [-0.05, 0) is 13.3 Å². The minimum absolute atomic E-state index is 0.153. The van der Waals surface area contributed by atoms with Crippen LogP contribution in [0.5, 0.6) is 0 Å². The highest BCUT2D eigenvalue weighted by molar-refractivity contribution is 5.95. The molecule has 1 aliphatic carbocycles. The third kappa shape index (κ3) is 1.18. The van der Waals surface area contributed by atoms with Gasteiger partial charge >= 0.3 is 5.97 Å². The van der Waals surface area contributed by atoms with Gasteiger partial charge in [-0.3, -0.25) is 9.59 Å². The lowest BCUT2D eigenvalue weighted by atomic mass is 9.69. The van der Waals surface area contributed by atoms with Crippen LogP contribution in [0.4, 0.5) is 0 Å². The molecule has 0 N–H and O–H groups in total. The summed E-state index contributed by atoms with van der Waals surface area (Å²) >= 11 is 0. The lowest BCUT2D eigenvalue weighted by molar-refractivity contribution is -0.159. The fourth-order valence-corrected chi connectivity index (χ4v) is 1.88. The van der Waals surface area contributed by atoms with Crippen molar-refractivity contribution >= 4 is 11.8 Å². The van der Waals surface area contributed by atoms with E-state index >= 15 is 0 Å². The van der Waals surface area contributed by atoms with Gasteiger partial charge in [0, 0.05) is 11.8 Å². The number of rotatable bonds is 1. The Morgan fingerprint density at radius 2 is 1.92 bits per heavy atom. The van der Waals surface area contributed by atoms with Gasteiger partial charge in [0.1, 0.15) is 5.78 Å². The molecular formula is C10H16O3. The van der Waals surface area contributed by atoms with E-state index in [1.54, 1.807) is 0 Å². The molecule has 3 nitrogen and oxygen atoms in total. The number of carbonyl (C=O) groups is 2. The average molecular weight is 184 g/mol. The van der Waals surface area contributed by atoms with Crippen LogP contribution >= 0.6 is 0 Å². The van der Waals surface area contributed by atoms with Crippen LogP contribution in [0.1, 0.15) is 33.6 Å². The van der Waals surface area contributed by atoms with Gasteiger partial charge < -0.3 is 4.74 Å². The molecule has 1 fully saturated rings. The Morgan fingerprint density at radius 3 is 2.23 bits per heavy atom. The second-order valence-electron chi connectivity index (χ2n) is 4.37. The van der Waals surface area contributed by atoms with Crippen LogP contribution in [0.2, 0.25) is 0 Å². The molecule has 74 valence electrons. The Labute approximate surface area is 78.5 Å². The van der Waals surface area contributed by atoms with Gasteiger partial charge in [0.15, 0.2) is 0 Å². The van der Waals surface area contributed by atoms with E-state index in [2.05, 4.69) is 0 Å². The van der Waals surface area contributed by atoms with Crippen molar-refractivity contribution in [2.24, 2.45) is 10.8 Å². The molecule has 13 heavy (non-hydrogen) atoms. The second-order valence-corrected chi connectivity index (χ2v) is 4.37. The number of hydrogen-bond donors (Lipinski definition) is 0. The van der Waals surface area contributed by atoms with E-state index < -0.39 is 10.8 Å². The van der Waals surface area contributed by atoms with Gasteiger partial charge in [-0.2, -0.15) is 0 Å². The average Bonchev–Trinajstić information content (AvgIpc) is 2.29. The van der Waals surface area contributed by atoms with Crippen LogP contribution in [0, 0.1) is 10.8 Å². The Bertz CT molecular complexity index is 255. The molecule has 0 amide bonds. The fraction of sp³-hybridized carbons (Fsp3) is 0.800. The minimum atomic E-state index is -0.640. The Kier molecular flexibility index (Phi) is 2.22. The number of Topliss-reactive ketones (excluding diaryl/α,β-unsaturated/α-hetero) is 1. The van der Waals surface area contributed by atoms with Crippen LogP contribution in [0.15, 0.2) is 0 Å². The molecule has 0 aromatic rings. The predicted octanol–water partition coefficient (Wildman–Crippen LogP) is 1.55. The van der Waals surface area contributed by atoms with Gasteiger partial charge in [-0.25, -0.2) is 0 Å². The minimum Gasteiger partial charge on any atom is -0.469 e. The largest absolute Gasteiger partial charge is 0.469 e. The van der Waals surface area contributed by atoms with E-state index in [1.165, 1.54) is 7.11 Å². The zero-order valence-electron chi connectivity index (χ0n) is 8.64. The second kappa shape index (κ2) is 2.82. The first-order valence-corrected chi connectivity index (χ1v) is 4.48. The van der Waals surface area contributed by atoms with Gasteiger partial charge in [-0.1, -0.05) is 13.8 Å². The highest BCUT2D eigenvalue weighted by atomic mass is 16.5. The molecule has 0 bridgehead atoms. The maximum absolute atomic E-state index is 11.5.